The van der Waals surface area contributed by atoms with Crippen LogP contribution in [0.5, 0.6) is 5.88 Å². The van der Waals surface area contributed by atoms with Gasteiger partial charge >= 0.3 is 5.97 Å². The Labute approximate surface area is 80.3 Å². The third kappa shape index (κ3) is 0.893. The lowest BCUT2D eigenvalue weighted by molar-refractivity contribution is 0.0684. The lowest BCUT2D eigenvalue weighted by Gasteiger charge is -2.22. The molecule has 3 rings (SSSR count). The van der Waals surface area contributed by atoms with Gasteiger partial charge in [0.05, 0.1) is 12.2 Å². The van der Waals surface area contributed by atoms with E-state index in [1.807, 2.05) is 0 Å². The van der Waals surface area contributed by atoms with Crippen molar-refractivity contribution in [3.63, 3.8) is 0 Å². The monoisotopic (exact) mass is 194 g/mol. The molecule has 0 amide bonds. The van der Waals surface area contributed by atoms with Crippen LogP contribution in [-0.4, -0.2) is 27.0 Å². The Morgan fingerprint density at radius 2 is 2.50 bits per heavy atom. The van der Waals surface area contributed by atoms with Crippen LogP contribution in [0.15, 0.2) is 6.20 Å². The van der Waals surface area contributed by atoms with Crippen LogP contribution in [0.2, 0.25) is 0 Å². The number of aromatic carboxylic acids is 1. The normalized spacial score (nSPS) is 28.3. The Morgan fingerprint density at radius 3 is 3.29 bits per heavy atom. The topological polar surface area (TPSA) is 64.3 Å². The molecule has 1 aromatic rings. The largest absolute Gasteiger partial charge is 0.477 e. The summed E-state index contributed by atoms with van der Waals surface area (Å²) in [6.07, 6.45) is 4.58. The van der Waals surface area contributed by atoms with Gasteiger partial charge in [0.1, 0.15) is 11.7 Å². The van der Waals surface area contributed by atoms with Gasteiger partial charge in [-0.3, -0.25) is 0 Å². The minimum absolute atomic E-state index is 0.182. The number of hydrogen-bond donors (Lipinski definition) is 1. The van der Waals surface area contributed by atoms with E-state index in [1.165, 1.54) is 6.20 Å². The molecule has 2 aliphatic rings. The van der Waals surface area contributed by atoms with Crippen molar-refractivity contribution in [2.24, 2.45) is 0 Å². The molecule has 1 aromatic heterocycles. The van der Waals surface area contributed by atoms with Gasteiger partial charge in [-0.15, -0.1) is 0 Å². The van der Waals surface area contributed by atoms with Crippen LogP contribution in [0.3, 0.4) is 0 Å². The zero-order valence-corrected chi connectivity index (χ0v) is 7.51. The molecule has 1 saturated carbocycles. The number of carbonyl (C=O) groups is 1. The molecule has 0 radical (unpaired) electrons. The van der Waals surface area contributed by atoms with Crippen molar-refractivity contribution in [2.45, 2.75) is 31.4 Å². The van der Waals surface area contributed by atoms with Gasteiger partial charge in [-0.2, -0.15) is 5.10 Å². The minimum Gasteiger partial charge on any atom is -0.477 e. The second-order valence-corrected chi connectivity index (χ2v) is 3.82. The minimum atomic E-state index is -0.965. The number of hydrogen-bond acceptors (Lipinski definition) is 3. The molecule has 1 aliphatic heterocycles. The molecule has 1 fully saturated rings. The zero-order valence-electron chi connectivity index (χ0n) is 7.51. The first-order valence-corrected chi connectivity index (χ1v) is 4.73. The summed E-state index contributed by atoms with van der Waals surface area (Å²) in [5.74, 6) is -0.524. The van der Waals surface area contributed by atoms with E-state index in [0.717, 1.165) is 19.3 Å². The van der Waals surface area contributed by atoms with E-state index >= 15 is 0 Å². The van der Waals surface area contributed by atoms with Gasteiger partial charge in [0, 0.05) is 6.42 Å². The van der Waals surface area contributed by atoms with Crippen molar-refractivity contribution >= 4 is 5.97 Å². The van der Waals surface area contributed by atoms with Crippen LogP contribution < -0.4 is 4.74 Å². The van der Waals surface area contributed by atoms with E-state index in [0.29, 0.717) is 11.9 Å². The van der Waals surface area contributed by atoms with Crippen molar-refractivity contribution in [2.75, 3.05) is 0 Å². The second-order valence-electron chi connectivity index (χ2n) is 3.82. The van der Waals surface area contributed by atoms with Crippen molar-refractivity contribution in [1.29, 1.82) is 0 Å². The molecule has 74 valence electrons. The summed E-state index contributed by atoms with van der Waals surface area (Å²) < 4.78 is 7.29. The fourth-order valence-electron chi connectivity index (χ4n) is 2.28. The Hall–Kier alpha value is -1.52. The van der Waals surface area contributed by atoms with Crippen LogP contribution in [0.1, 0.15) is 35.7 Å². The predicted molar refractivity (Wildman–Crippen MR) is 46.5 cm³/mol. The molecular weight excluding hydrogens is 184 g/mol. The summed E-state index contributed by atoms with van der Waals surface area (Å²) >= 11 is 0. The fraction of sp³-hybridized carbons (Fsp3) is 0.556. The lowest BCUT2D eigenvalue weighted by atomic mass is 10.2. The number of nitrogens with zero attached hydrogens (tertiary/aromatic N) is 2. The molecule has 0 spiro atoms. The van der Waals surface area contributed by atoms with Gasteiger partial charge < -0.3 is 9.84 Å². The Bertz CT molecular complexity index is 399. The Kier molecular flexibility index (Phi) is 1.40. The molecule has 2 bridgehead atoms. The quantitative estimate of drug-likeness (QED) is 0.726. The van der Waals surface area contributed by atoms with E-state index in [9.17, 15) is 4.79 Å². The average molecular weight is 194 g/mol. The molecule has 2 unspecified atom stereocenters. The molecule has 14 heavy (non-hydrogen) atoms. The van der Waals surface area contributed by atoms with Gasteiger partial charge in [0.25, 0.3) is 0 Å². The van der Waals surface area contributed by atoms with E-state index in [4.69, 9.17) is 9.84 Å². The predicted octanol–water partition coefficient (Wildman–Crippen LogP) is 1.07. The van der Waals surface area contributed by atoms with Gasteiger partial charge in [0.2, 0.25) is 5.88 Å². The third-order valence-electron chi connectivity index (χ3n) is 2.96. The van der Waals surface area contributed by atoms with Crippen LogP contribution in [0, 0.1) is 0 Å². The van der Waals surface area contributed by atoms with Crippen molar-refractivity contribution < 1.29 is 14.6 Å². The standard InChI is InChI=1S/C9H10N2O3/c12-9(13)7-4-10-11-5-1-2-6(3-5)14-8(7)11/h4-6H,1-3H2,(H,12,13). The molecule has 1 aliphatic carbocycles. The first-order valence-electron chi connectivity index (χ1n) is 4.73. The number of fused-ring (bicyclic) bond motifs is 4. The van der Waals surface area contributed by atoms with E-state index in [-0.39, 0.29) is 11.7 Å². The summed E-state index contributed by atoms with van der Waals surface area (Å²) in [4.78, 5) is 10.8. The van der Waals surface area contributed by atoms with Gasteiger partial charge in [-0.25, -0.2) is 9.48 Å². The maximum Gasteiger partial charge on any atom is 0.342 e. The van der Waals surface area contributed by atoms with Crippen molar-refractivity contribution in [3.05, 3.63) is 11.8 Å². The molecule has 0 saturated heterocycles. The summed E-state index contributed by atoms with van der Waals surface area (Å²) in [6, 6.07) is 0.344. The molecule has 5 heteroatoms. The molecule has 0 aromatic carbocycles. The van der Waals surface area contributed by atoms with Gasteiger partial charge in [-0.05, 0) is 12.8 Å². The van der Waals surface area contributed by atoms with Gasteiger partial charge in [-0.1, -0.05) is 0 Å². The molecule has 5 nitrogen and oxygen atoms in total. The Morgan fingerprint density at radius 1 is 1.64 bits per heavy atom. The summed E-state index contributed by atoms with van der Waals surface area (Å²) in [6.45, 7) is 0. The molecule has 2 heterocycles. The van der Waals surface area contributed by atoms with Gasteiger partial charge in [0.15, 0.2) is 0 Å². The zero-order chi connectivity index (χ0) is 9.71. The van der Waals surface area contributed by atoms with E-state index in [2.05, 4.69) is 5.10 Å². The Balaban J connectivity index is 2.11. The van der Waals surface area contributed by atoms with Crippen LogP contribution in [-0.2, 0) is 0 Å². The number of carboxylic acids is 1. The summed E-state index contributed by atoms with van der Waals surface area (Å²) in [7, 11) is 0. The highest BCUT2D eigenvalue weighted by Gasteiger charge is 2.37. The van der Waals surface area contributed by atoms with E-state index < -0.39 is 5.97 Å². The summed E-state index contributed by atoms with van der Waals surface area (Å²) in [5, 5.41) is 13.0. The van der Waals surface area contributed by atoms with E-state index in [1.54, 1.807) is 4.68 Å². The average Bonchev–Trinajstić information content (AvgIpc) is 2.71. The molecule has 1 N–H and O–H groups in total. The number of carboxylic acid groups (broad SMARTS) is 1. The highest BCUT2D eigenvalue weighted by Crippen LogP contribution is 2.40. The maximum atomic E-state index is 10.8. The maximum absolute atomic E-state index is 10.8. The fourth-order valence-corrected chi connectivity index (χ4v) is 2.28. The van der Waals surface area contributed by atoms with Crippen molar-refractivity contribution in [1.82, 2.24) is 9.78 Å². The lowest BCUT2D eigenvalue weighted by Crippen LogP contribution is -2.23. The first kappa shape index (κ1) is 7.84. The van der Waals surface area contributed by atoms with Crippen LogP contribution in [0.4, 0.5) is 0 Å². The SMILES string of the molecule is O=C(O)c1cnn2c1OC1CCC2C1. The van der Waals surface area contributed by atoms with Crippen LogP contribution in [0.25, 0.3) is 0 Å². The highest BCUT2D eigenvalue weighted by atomic mass is 16.5. The summed E-state index contributed by atoms with van der Waals surface area (Å²) in [5.41, 5.74) is 0.182. The highest BCUT2D eigenvalue weighted by molar-refractivity contribution is 5.90. The number of aromatic nitrogens is 2. The second kappa shape index (κ2) is 2.50. The smallest absolute Gasteiger partial charge is 0.342 e. The van der Waals surface area contributed by atoms with Crippen LogP contribution >= 0.6 is 0 Å². The number of ether oxygens (including phenoxy) is 1. The molecule has 2 atom stereocenters. The third-order valence-corrected chi connectivity index (χ3v) is 2.96. The molecular formula is C9H10N2O3. The first-order chi connectivity index (χ1) is 6.75. The number of rotatable bonds is 1. The van der Waals surface area contributed by atoms with Crippen molar-refractivity contribution in [3.8, 4) is 5.88 Å².